The first kappa shape index (κ1) is 17.0. The molecule has 2 rings (SSSR count). The number of hydrogen-bond donors (Lipinski definition) is 1. The molecule has 1 aromatic rings. The Morgan fingerprint density at radius 2 is 2.00 bits per heavy atom. The summed E-state index contributed by atoms with van der Waals surface area (Å²) in [4.78, 5) is 25.7. The third-order valence-corrected chi connectivity index (χ3v) is 4.29. The van der Waals surface area contributed by atoms with Gasteiger partial charge in [0, 0.05) is 0 Å². The van der Waals surface area contributed by atoms with Crippen molar-refractivity contribution in [2.45, 2.75) is 32.4 Å². The molecule has 0 unspecified atom stereocenters. The molecular weight excluding hydrogens is 296 g/mol. The van der Waals surface area contributed by atoms with E-state index < -0.39 is 29.6 Å². The van der Waals surface area contributed by atoms with E-state index in [2.05, 4.69) is 0 Å². The van der Waals surface area contributed by atoms with E-state index in [1.54, 1.807) is 30.3 Å². The van der Waals surface area contributed by atoms with E-state index in [1.807, 2.05) is 19.9 Å². The van der Waals surface area contributed by atoms with Crippen molar-refractivity contribution in [1.29, 1.82) is 5.26 Å². The second-order valence-corrected chi connectivity index (χ2v) is 6.06. The topological polar surface area (TPSA) is 90.6 Å². The van der Waals surface area contributed by atoms with Gasteiger partial charge in [0.05, 0.1) is 12.0 Å². The summed E-state index contributed by atoms with van der Waals surface area (Å²) in [5, 5.41) is 20.2. The van der Waals surface area contributed by atoms with Crippen molar-refractivity contribution in [3.8, 4) is 6.07 Å². The summed E-state index contributed by atoms with van der Waals surface area (Å²) in [5.74, 6) is -1.70. The molecular formula is C17H20N2O4. The second kappa shape index (κ2) is 6.39. The van der Waals surface area contributed by atoms with Crippen molar-refractivity contribution >= 4 is 12.0 Å². The van der Waals surface area contributed by atoms with E-state index in [0.717, 1.165) is 4.90 Å². The minimum absolute atomic E-state index is 0.0181. The molecule has 2 amide bonds. The zero-order valence-electron chi connectivity index (χ0n) is 13.4. The van der Waals surface area contributed by atoms with E-state index in [0.29, 0.717) is 5.56 Å². The number of carbonyl (C=O) groups excluding carboxylic acids is 2. The first-order valence-electron chi connectivity index (χ1n) is 7.52. The number of aliphatic hydroxyl groups is 1. The summed E-state index contributed by atoms with van der Waals surface area (Å²) in [6, 6.07) is 9.68. The number of imide groups is 1. The number of benzene rings is 1. The molecule has 1 heterocycles. The maximum Gasteiger partial charge on any atom is 0.416 e. The third kappa shape index (κ3) is 2.92. The molecule has 1 saturated heterocycles. The van der Waals surface area contributed by atoms with E-state index in [1.165, 1.54) is 6.92 Å². The lowest BCUT2D eigenvalue weighted by atomic mass is 9.82. The average Bonchev–Trinajstić information content (AvgIpc) is 2.95. The van der Waals surface area contributed by atoms with Gasteiger partial charge < -0.3 is 9.84 Å². The lowest BCUT2D eigenvalue weighted by Crippen LogP contribution is -2.49. The van der Waals surface area contributed by atoms with Gasteiger partial charge in [-0.15, -0.1) is 0 Å². The van der Waals surface area contributed by atoms with E-state index in [4.69, 9.17) is 4.74 Å². The maximum atomic E-state index is 12.8. The smallest absolute Gasteiger partial charge is 0.416 e. The fraction of sp³-hybridized carbons (Fsp3) is 0.471. The summed E-state index contributed by atoms with van der Waals surface area (Å²) < 4.78 is 4.96. The molecule has 0 aliphatic carbocycles. The molecule has 23 heavy (non-hydrogen) atoms. The zero-order valence-corrected chi connectivity index (χ0v) is 13.4. The summed E-state index contributed by atoms with van der Waals surface area (Å²) in [6.07, 6.45) is -0.728. The number of nitrogens with zero attached hydrogens (tertiary/aromatic N) is 2. The maximum absolute atomic E-state index is 12.8. The number of ether oxygens (including phenoxy) is 1. The highest BCUT2D eigenvalue weighted by molar-refractivity contribution is 5.95. The van der Waals surface area contributed by atoms with E-state index in [9.17, 15) is 20.0 Å². The number of hydrogen-bond acceptors (Lipinski definition) is 5. The molecule has 6 heteroatoms. The van der Waals surface area contributed by atoms with Gasteiger partial charge in [0.25, 0.3) is 0 Å². The lowest BCUT2D eigenvalue weighted by molar-refractivity contribution is -0.140. The van der Waals surface area contributed by atoms with Crippen LogP contribution in [-0.4, -0.2) is 34.7 Å². The monoisotopic (exact) mass is 316 g/mol. The Labute approximate surface area is 135 Å². The first-order chi connectivity index (χ1) is 10.8. The van der Waals surface area contributed by atoms with Crippen molar-refractivity contribution in [2.24, 2.45) is 11.8 Å². The number of carbonyl (C=O) groups is 2. The van der Waals surface area contributed by atoms with Gasteiger partial charge in [-0.25, -0.2) is 9.69 Å². The van der Waals surface area contributed by atoms with Crippen LogP contribution in [0.4, 0.5) is 4.79 Å². The number of amides is 2. The third-order valence-electron chi connectivity index (χ3n) is 4.29. The van der Waals surface area contributed by atoms with E-state index >= 15 is 0 Å². The molecule has 1 aliphatic heterocycles. The molecule has 3 atom stereocenters. The Bertz CT molecular complexity index is 638. The Kier molecular flexibility index (Phi) is 4.71. The van der Waals surface area contributed by atoms with Crippen molar-refractivity contribution in [2.75, 3.05) is 6.61 Å². The van der Waals surface area contributed by atoms with Crippen LogP contribution < -0.4 is 0 Å². The van der Waals surface area contributed by atoms with Gasteiger partial charge in [-0.05, 0) is 18.4 Å². The van der Waals surface area contributed by atoms with Crippen LogP contribution in [0.1, 0.15) is 26.3 Å². The Morgan fingerprint density at radius 3 is 2.52 bits per heavy atom. The average molecular weight is 316 g/mol. The van der Waals surface area contributed by atoms with Crippen LogP contribution in [0.2, 0.25) is 0 Å². The molecule has 1 fully saturated rings. The largest absolute Gasteiger partial charge is 0.447 e. The SMILES string of the molecule is CC(C)[C@H]1COC(=O)N1C(=O)[C@H](C)[C@](O)(C#N)c1ccccc1. The van der Waals surface area contributed by atoms with Gasteiger partial charge in [0.15, 0.2) is 5.60 Å². The van der Waals surface area contributed by atoms with Crippen LogP contribution in [-0.2, 0) is 15.1 Å². The molecule has 0 saturated carbocycles. The van der Waals surface area contributed by atoms with Crippen molar-refractivity contribution in [3.63, 3.8) is 0 Å². The van der Waals surface area contributed by atoms with Gasteiger partial charge in [0.2, 0.25) is 5.91 Å². The van der Waals surface area contributed by atoms with Crippen molar-refractivity contribution < 1.29 is 19.4 Å². The molecule has 0 spiro atoms. The van der Waals surface area contributed by atoms with Gasteiger partial charge >= 0.3 is 6.09 Å². The molecule has 0 bridgehead atoms. The Balaban J connectivity index is 2.34. The summed E-state index contributed by atoms with van der Waals surface area (Å²) in [5.41, 5.74) is -1.69. The summed E-state index contributed by atoms with van der Waals surface area (Å²) in [6.45, 7) is 5.34. The van der Waals surface area contributed by atoms with Gasteiger partial charge in [0.1, 0.15) is 12.7 Å². The number of cyclic esters (lactones) is 1. The van der Waals surface area contributed by atoms with Crippen molar-refractivity contribution in [3.05, 3.63) is 35.9 Å². The standard InChI is InChI=1S/C17H20N2O4/c1-11(2)14-9-23-16(21)19(14)15(20)12(3)17(22,10-18)13-7-5-4-6-8-13/h4-8,11-12,14,22H,9H2,1-3H3/t12-,14+,17+/m0/s1. The molecule has 1 aliphatic rings. The normalized spacial score (nSPS) is 21.5. The van der Waals surface area contributed by atoms with Crippen LogP contribution in [0.25, 0.3) is 0 Å². The molecule has 122 valence electrons. The fourth-order valence-electron chi connectivity index (χ4n) is 2.67. The highest BCUT2D eigenvalue weighted by Gasteiger charge is 2.48. The molecule has 1 aromatic carbocycles. The summed E-state index contributed by atoms with van der Waals surface area (Å²) in [7, 11) is 0. The number of nitriles is 1. The van der Waals surface area contributed by atoms with Gasteiger partial charge in [-0.2, -0.15) is 5.26 Å². The molecule has 0 aromatic heterocycles. The van der Waals surface area contributed by atoms with Gasteiger partial charge in [-0.1, -0.05) is 44.2 Å². The van der Waals surface area contributed by atoms with Gasteiger partial charge in [-0.3, -0.25) is 4.79 Å². The molecule has 1 N–H and O–H groups in total. The fourth-order valence-corrected chi connectivity index (χ4v) is 2.67. The highest BCUT2D eigenvalue weighted by atomic mass is 16.6. The summed E-state index contributed by atoms with van der Waals surface area (Å²) >= 11 is 0. The Morgan fingerprint density at radius 1 is 1.39 bits per heavy atom. The highest BCUT2D eigenvalue weighted by Crippen LogP contribution is 2.32. The Hall–Kier alpha value is -2.39. The van der Waals surface area contributed by atoms with Crippen LogP contribution in [0.5, 0.6) is 0 Å². The van der Waals surface area contributed by atoms with Crippen LogP contribution in [0.3, 0.4) is 0 Å². The minimum Gasteiger partial charge on any atom is -0.447 e. The second-order valence-electron chi connectivity index (χ2n) is 6.06. The zero-order chi connectivity index (χ0) is 17.2. The van der Waals surface area contributed by atoms with Crippen molar-refractivity contribution in [1.82, 2.24) is 4.90 Å². The minimum atomic E-state index is -2.01. The predicted molar refractivity (Wildman–Crippen MR) is 81.9 cm³/mol. The first-order valence-corrected chi connectivity index (χ1v) is 7.52. The quantitative estimate of drug-likeness (QED) is 0.858. The van der Waals surface area contributed by atoms with E-state index in [-0.39, 0.29) is 12.5 Å². The molecule has 6 nitrogen and oxygen atoms in total. The van der Waals surface area contributed by atoms with Crippen LogP contribution in [0, 0.1) is 23.2 Å². The van der Waals surface area contributed by atoms with Crippen LogP contribution in [0.15, 0.2) is 30.3 Å². The predicted octanol–water partition coefficient (Wildman–Crippen LogP) is 2.04. The number of rotatable bonds is 4. The van der Waals surface area contributed by atoms with Crippen LogP contribution >= 0.6 is 0 Å². The molecule has 0 radical (unpaired) electrons. The lowest BCUT2D eigenvalue weighted by Gasteiger charge is -2.31.